The summed E-state index contributed by atoms with van der Waals surface area (Å²) in [6.45, 7) is 11.2. The minimum atomic E-state index is -0.155. The molecule has 0 aliphatic heterocycles. The molecule has 0 radical (unpaired) electrons. The van der Waals surface area contributed by atoms with E-state index in [2.05, 4.69) is 124 Å². The van der Waals surface area contributed by atoms with Crippen molar-refractivity contribution in [1.82, 2.24) is 0 Å². The first-order valence-electron chi connectivity index (χ1n) is 12.3. The second-order valence-corrected chi connectivity index (χ2v) is 10.2. The lowest BCUT2D eigenvalue weighted by molar-refractivity contribution is 0.691. The number of rotatable bonds is 6. The fourth-order valence-corrected chi connectivity index (χ4v) is 5.98. The Morgan fingerprint density at radius 3 is 1.82 bits per heavy atom. The summed E-state index contributed by atoms with van der Waals surface area (Å²) in [6.07, 6.45) is 19.4. The molecule has 0 atom stereocenters. The fraction of sp³-hybridized carbons (Fsp3) is 0.355. The molecule has 170 valence electrons. The standard InChI is InChI=1S/C31H36N2/c1-7-32(5)28-24-21-22-15-9-10-16-23(22)25(24)26(30(3)17-11-12-18-30)27(29(28)33(6)8-2)31(4)19-13-14-20-31/h9-20H,7-8,21H2,1-6H3. The lowest BCUT2D eigenvalue weighted by atomic mass is 9.68. The van der Waals surface area contributed by atoms with Gasteiger partial charge in [0.2, 0.25) is 0 Å². The van der Waals surface area contributed by atoms with Crippen LogP contribution >= 0.6 is 0 Å². The van der Waals surface area contributed by atoms with Crippen molar-refractivity contribution in [3.05, 3.63) is 95.1 Å². The molecule has 0 bridgehead atoms. The van der Waals surface area contributed by atoms with Gasteiger partial charge in [-0.3, -0.25) is 0 Å². The summed E-state index contributed by atoms with van der Waals surface area (Å²) in [7, 11) is 4.52. The first-order chi connectivity index (χ1) is 15.8. The minimum Gasteiger partial charge on any atom is -0.373 e. The third-order valence-corrected chi connectivity index (χ3v) is 7.98. The van der Waals surface area contributed by atoms with Crippen molar-refractivity contribution in [2.75, 3.05) is 37.0 Å². The van der Waals surface area contributed by atoms with E-state index >= 15 is 0 Å². The number of nitrogens with zero attached hydrogens (tertiary/aromatic N) is 2. The van der Waals surface area contributed by atoms with Gasteiger partial charge in [-0.1, -0.05) is 72.9 Å². The van der Waals surface area contributed by atoms with Crippen molar-refractivity contribution >= 4 is 11.4 Å². The molecule has 3 aliphatic carbocycles. The molecule has 0 N–H and O–H groups in total. The van der Waals surface area contributed by atoms with Crippen LogP contribution in [0.3, 0.4) is 0 Å². The zero-order valence-corrected chi connectivity index (χ0v) is 20.9. The van der Waals surface area contributed by atoms with Crippen LogP contribution in [0.25, 0.3) is 11.1 Å². The molecule has 0 heterocycles. The molecule has 0 amide bonds. The van der Waals surface area contributed by atoms with Gasteiger partial charge in [-0.2, -0.15) is 0 Å². The van der Waals surface area contributed by atoms with Crippen LogP contribution in [0.4, 0.5) is 11.4 Å². The molecule has 0 spiro atoms. The Bertz CT molecular complexity index is 1200. The molecule has 0 aromatic heterocycles. The third-order valence-electron chi connectivity index (χ3n) is 7.98. The van der Waals surface area contributed by atoms with Gasteiger partial charge >= 0.3 is 0 Å². The van der Waals surface area contributed by atoms with E-state index in [4.69, 9.17) is 0 Å². The van der Waals surface area contributed by atoms with Gasteiger partial charge in [0.15, 0.2) is 0 Å². The fourth-order valence-electron chi connectivity index (χ4n) is 5.98. The van der Waals surface area contributed by atoms with Crippen molar-refractivity contribution in [1.29, 1.82) is 0 Å². The quantitative estimate of drug-likeness (QED) is 0.413. The Hall–Kier alpha value is -3.00. The Kier molecular flexibility index (Phi) is 5.16. The molecular weight excluding hydrogens is 400 g/mol. The van der Waals surface area contributed by atoms with Crippen LogP contribution in [0.5, 0.6) is 0 Å². The average Bonchev–Trinajstić information content (AvgIpc) is 3.55. The topological polar surface area (TPSA) is 6.48 Å². The summed E-state index contributed by atoms with van der Waals surface area (Å²) in [4.78, 5) is 4.94. The van der Waals surface area contributed by atoms with Crippen LogP contribution in [0.15, 0.2) is 72.9 Å². The smallest absolute Gasteiger partial charge is 0.0652 e. The molecule has 0 fully saturated rings. The number of anilines is 2. The van der Waals surface area contributed by atoms with Crippen molar-refractivity contribution in [3.8, 4) is 11.1 Å². The van der Waals surface area contributed by atoms with Crippen LogP contribution in [-0.2, 0) is 17.3 Å². The molecule has 2 aromatic carbocycles. The summed E-state index contributed by atoms with van der Waals surface area (Å²) in [5.41, 5.74) is 11.2. The summed E-state index contributed by atoms with van der Waals surface area (Å²) >= 11 is 0. The van der Waals surface area contributed by atoms with E-state index in [9.17, 15) is 0 Å². The summed E-state index contributed by atoms with van der Waals surface area (Å²) < 4.78 is 0. The van der Waals surface area contributed by atoms with Crippen molar-refractivity contribution in [2.24, 2.45) is 0 Å². The van der Waals surface area contributed by atoms with Gasteiger partial charge in [-0.05, 0) is 61.1 Å². The Morgan fingerprint density at radius 2 is 1.24 bits per heavy atom. The van der Waals surface area contributed by atoms with E-state index in [0.717, 1.165) is 19.5 Å². The Balaban J connectivity index is 2.02. The van der Waals surface area contributed by atoms with Crippen molar-refractivity contribution in [2.45, 2.75) is 44.9 Å². The molecular formula is C31H36N2. The van der Waals surface area contributed by atoms with E-state index in [1.54, 1.807) is 0 Å². The van der Waals surface area contributed by atoms with Crippen molar-refractivity contribution in [3.63, 3.8) is 0 Å². The highest BCUT2D eigenvalue weighted by molar-refractivity contribution is 5.95. The number of benzene rings is 2. The van der Waals surface area contributed by atoms with Crippen molar-refractivity contribution < 1.29 is 0 Å². The van der Waals surface area contributed by atoms with E-state index < -0.39 is 0 Å². The number of fused-ring (bicyclic) bond motifs is 3. The molecule has 2 nitrogen and oxygen atoms in total. The minimum absolute atomic E-state index is 0.142. The normalized spacial score (nSPS) is 18.1. The second-order valence-electron chi connectivity index (χ2n) is 10.2. The van der Waals surface area contributed by atoms with Gasteiger partial charge in [0, 0.05) is 44.4 Å². The van der Waals surface area contributed by atoms with Gasteiger partial charge in [0.05, 0.1) is 11.4 Å². The Labute approximate surface area is 199 Å². The van der Waals surface area contributed by atoms with Crippen LogP contribution < -0.4 is 9.80 Å². The monoisotopic (exact) mass is 436 g/mol. The molecule has 2 heteroatoms. The van der Waals surface area contributed by atoms with Gasteiger partial charge in [-0.25, -0.2) is 0 Å². The van der Waals surface area contributed by atoms with E-state index in [0.29, 0.717) is 0 Å². The highest BCUT2D eigenvalue weighted by Gasteiger charge is 2.42. The molecule has 33 heavy (non-hydrogen) atoms. The number of hydrogen-bond donors (Lipinski definition) is 0. The number of hydrogen-bond acceptors (Lipinski definition) is 2. The molecule has 2 aromatic rings. The maximum absolute atomic E-state index is 2.47. The van der Waals surface area contributed by atoms with Gasteiger partial charge in [0.1, 0.15) is 0 Å². The van der Waals surface area contributed by atoms with Gasteiger partial charge in [-0.15, -0.1) is 0 Å². The van der Waals surface area contributed by atoms with E-state index in [-0.39, 0.29) is 10.8 Å². The lowest BCUT2D eigenvalue weighted by Gasteiger charge is -2.40. The highest BCUT2D eigenvalue weighted by Crippen LogP contribution is 2.57. The van der Waals surface area contributed by atoms with Crippen LogP contribution in [0.1, 0.15) is 49.9 Å². The SMILES string of the molecule is CCN(C)c1c2c(c(C3(C)C=CC=C3)c(C3(C)C=CC=C3)c1N(C)CC)-c1ccccc1C2. The second kappa shape index (κ2) is 7.80. The largest absolute Gasteiger partial charge is 0.373 e. The van der Waals surface area contributed by atoms with E-state index in [1.807, 2.05) is 0 Å². The maximum atomic E-state index is 2.47. The molecule has 0 unspecified atom stereocenters. The molecule has 5 rings (SSSR count). The van der Waals surface area contributed by atoms with Crippen LogP contribution in [0, 0.1) is 0 Å². The van der Waals surface area contributed by atoms with Gasteiger partial charge < -0.3 is 9.80 Å². The molecule has 0 saturated heterocycles. The molecule has 0 saturated carbocycles. The average molecular weight is 437 g/mol. The first-order valence-corrected chi connectivity index (χ1v) is 12.3. The zero-order valence-electron chi connectivity index (χ0n) is 20.9. The maximum Gasteiger partial charge on any atom is 0.0652 e. The zero-order chi connectivity index (χ0) is 23.4. The highest BCUT2D eigenvalue weighted by atomic mass is 15.2. The Morgan fingerprint density at radius 1 is 0.727 bits per heavy atom. The third kappa shape index (κ3) is 3.14. The first kappa shape index (κ1) is 21.8. The van der Waals surface area contributed by atoms with E-state index in [1.165, 1.54) is 44.8 Å². The predicted molar refractivity (Wildman–Crippen MR) is 144 cm³/mol. The lowest BCUT2D eigenvalue weighted by Crippen LogP contribution is -2.32. The summed E-state index contributed by atoms with van der Waals surface area (Å²) in [5.74, 6) is 0. The van der Waals surface area contributed by atoms with Crippen LogP contribution in [0.2, 0.25) is 0 Å². The van der Waals surface area contributed by atoms with Crippen LogP contribution in [-0.4, -0.2) is 27.2 Å². The molecule has 3 aliphatic rings. The predicted octanol–water partition coefficient (Wildman–Crippen LogP) is 6.94. The number of allylic oxidation sites excluding steroid dienone is 8. The van der Waals surface area contributed by atoms with Gasteiger partial charge in [0.25, 0.3) is 0 Å². The summed E-state index contributed by atoms with van der Waals surface area (Å²) in [5, 5.41) is 0. The summed E-state index contributed by atoms with van der Waals surface area (Å²) in [6, 6.07) is 9.04.